The highest BCUT2D eigenvalue weighted by molar-refractivity contribution is 6.30. The number of hydrogen-bond acceptors (Lipinski definition) is 5. The van der Waals surface area contributed by atoms with Crippen LogP contribution in [-0.4, -0.2) is 21.1 Å². The summed E-state index contributed by atoms with van der Waals surface area (Å²) in [6.45, 7) is 4.06. The van der Waals surface area contributed by atoms with Crippen LogP contribution in [0.1, 0.15) is 12.5 Å². The molecule has 0 bridgehead atoms. The summed E-state index contributed by atoms with van der Waals surface area (Å²) >= 11 is 5.79. The summed E-state index contributed by atoms with van der Waals surface area (Å²) in [7, 11) is 0. The fourth-order valence-electron chi connectivity index (χ4n) is 3.08. The number of aryl methyl sites for hydroxylation is 1. The third kappa shape index (κ3) is 4.06. The van der Waals surface area contributed by atoms with Gasteiger partial charge in [0, 0.05) is 17.7 Å². The number of nitrogens with zero attached hydrogens (tertiary/aromatic N) is 3. The van der Waals surface area contributed by atoms with Crippen molar-refractivity contribution in [3.8, 4) is 28.6 Å². The lowest BCUT2D eigenvalue weighted by molar-refractivity contribution is 0.583. The van der Waals surface area contributed by atoms with E-state index in [9.17, 15) is 13.6 Å². The highest BCUT2D eigenvalue weighted by atomic mass is 35.5. The van der Waals surface area contributed by atoms with Crippen molar-refractivity contribution in [2.45, 2.75) is 13.8 Å². The number of anilines is 1. The average molecular weight is 443 g/mol. The zero-order chi connectivity index (χ0) is 22.1. The minimum atomic E-state index is -0.767. The zero-order valence-electron chi connectivity index (χ0n) is 16.6. The summed E-state index contributed by atoms with van der Waals surface area (Å²) in [5.41, 5.74) is 1.13. The number of nitrogens with one attached hydrogen (secondary N) is 1. The molecule has 2 heterocycles. The molecule has 0 unspecified atom stereocenters. The lowest BCUT2D eigenvalue weighted by atomic mass is 10.1. The van der Waals surface area contributed by atoms with Gasteiger partial charge in [-0.3, -0.25) is 0 Å². The Bertz CT molecular complexity index is 1330. The Hall–Kier alpha value is -3.52. The van der Waals surface area contributed by atoms with E-state index in [1.54, 1.807) is 13.0 Å². The molecule has 4 rings (SSSR count). The summed E-state index contributed by atoms with van der Waals surface area (Å²) in [4.78, 5) is 20.8. The zero-order valence-corrected chi connectivity index (χ0v) is 17.4. The van der Waals surface area contributed by atoms with Crippen LogP contribution in [0.3, 0.4) is 0 Å². The van der Waals surface area contributed by atoms with Gasteiger partial charge >= 0.3 is 5.69 Å². The van der Waals surface area contributed by atoms with Gasteiger partial charge in [-0.25, -0.2) is 18.1 Å². The first-order valence-electron chi connectivity index (χ1n) is 9.44. The predicted octanol–water partition coefficient (Wildman–Crippen LogP) is 5.23. The first-order chi connectivity index (χ1) is 14.9. The summed E-state index contributed by atoms with van der Waals surface area (Å²) in [6.07, 6.45) is 0.973. The van der Waals surface area contributed by atoms with E-state index in [4.69, 9.17) is 16.0 Å². The van der Waals surface area contributed by atoms with Gasteiger partial charge in [-0.15, -0.1) is 0 Å². The van der Waals surface area contributed by atoms with Crippen LogP contribution in [0.25, 0.3) is 28.6 Å². The van der Waals surface area contributed by atoms with Crippen molar-refractivity contribution in [1.82, 2.24) is 14.5 Å². The molecule has 9 heteroatoms. The van der Waals surface area contributed by atoms with Crippen molar-refractivity contribution in [2.75, 3.05) is 11.9 Å². The van der Waals surface area contributed by atoms with Crippen molar-refractivity contribution >= 4 is 17.4 Å². The maximum absolute atomic E-state index is 14.5. The van der Waals surface area contributed by atoms with Gasteiger partial charge in [0.1, 0.15) is 5.82 Å². The van der Waals surface area contributed by atoms with E-state index >= 15 is 0 Å². The molecule has 6 nitrogen and oxygen atoms in total. The van der Waals surface area contributed by atoms with Crippen LogP contribution in [0.5, 0.6) is 0 Å². The van der Waals surface area contributed by atoms with Gasteiger partial charge < -0.3 is 9.73 Å². The van der Waals surface area contributed by atoms with E-state index in [1.165, 1.54) is 12.1 Å². The summed E-state index contributed by atoms with van der Waals surface area (Å²) < 4.78 is 35.5. The highest BCUT2D eigenvalue weighted by Gasteiger charge is 2.22. The molecule has 1 N–H and O–H groups in total. The standard InChI is InChI=1S/C22H17ClF2N4O2/c1-3-26-19-17(25)11-29(22(30)27-19)20-18(13-7-8-15(23)16(24)10-13)31-21(28-20)14-6-4-5-12(2)9-14/h4-11H,3H2,1-2H3,(H,26,27,30). The molecule has 0 saturated carbocycles. The molecular formula is C22H17ClF2N4O2. The third-order valence-corrected chi connectivity index (χ3v) is 4.82. The molecule has 2 aromatic heterocycles. The van der Waals surface area contributed by atoms with E-state index < -0.39 is 17.3 Å². The van der Waals surface area contributed by atoms with Gasteiger partial charge in [0.2, 0.25) is 5.89 Å². The Morgan fingerprint density at radius 1 is 1.10 bits per heavy atom. The molecule has 0 atom stereocenters. The number of halogens is 3. The number of hydrogen-bond donors (Lipinski definition) is 1. The maximum Gasteiger partial charge on any atom is 0.355 e. The molecule has 0 aliphatic heterocycles. The normalized spacial score (nSPS) is 11.0. The second-order valence-electron chi connectivity index (χ2n) is 6.79. The first kappa shape index (κ1) is 20.7. The van der Waals surface area contributed by atoms with E-state index in [0.29, 0.717) is 12.1 Å². The molecule has 31 heavy (non-hydrogen) atoms. The minimum Gasteiger partial charge on any atom is -0.434 e. The molecule has 0 aliphatic carbocycles. The van der Waals surface area contributed by atoms with Crippen LogP contribution in [0, 0.1) is 18.6 Å². The second-order valence-corrected chi connectivity index (χ2v) is 7.20. The molecule has 0 fully saturated rings. The topological polar surface area (TPSA) is 73.0 Å². The average Bonchev–Trinajstić information content (AvgIpc) is 3.18. The minimum absolute atomic E-state index is 0.0160. The lowest BCUT2D eigenvalue weighted by Crippen LogP contribution is -2.24. The number of rotatable bonds is 5. The molecular weight excluding hydrogens is 426 g/mol. The van der Waals surface area contributed by atoms with Gasteiger partial charge in [-0.1, -0.05) is 29.3 Å². The Balaban J connectivity index is 1.95. The summed E-state index contributed by atoms with van der Waals surface area (Å²) in [5, 5.41) is 2.62. The predicted molar refractivity (Wildman–Crippen MR) is 115 cm³/mol. The molecule has 4 aromatic rings. The van der Waals surface area contributed by atoms with Crippen LogP contribution >= 0.6 is 11.6 Å². The Labute approximate surface area is 181 Å². The number of oxazole rings is 1. The van der Waals surface area contributed by atoms with Crippen molar-refractivity contribution in [1.29, 1.82) is 0 Å². The van der Waals surface area contributed by atoms with Crippen molar-refractivity contribution in [3.05, 3.63) is 81.4 Å². The second kappa shape index (κ2) is 8.31. The molecule has 0 spiro atoms. The quantitative estimate of drug-likeness (QED) is 0.458. The van der Waals surface area contributed by atoms with Gasteiger partial charge in [0.25, 0.3) is 0 Å². The Morgan fingerprint density at radius 3 is 2.61 bits per heavy atom. The third-order valence-electron chi connectivity index (χ3n) is 4.51. The van der Waals surface area contributed by atoms with Gasteiger partial charge in [0.15, 0.2) is 23.2 Å². The number of aromatic nitrogens is 3. The fraction of sp³-hybridized carbons (Fsp3) is 0.136. The van der Waals surface area contributed by atoms with E-state index in [0.717, 1.165) is 22.4 Å². The van der Waals surface area contributed by atoms with Gasteiger partial charge in [-0.2, -0.15) is 9.97 Å². The molecule has 2 aromatic carbocycles. The monoisotopic (exact) mass is 442 g/mol. The molecule has 158 valence electrons. The van der Waals surface area contributed by atoms with E-state index in [-0.39, 0.29) is 33.9 Å². The van der Waals surface area contributed by atoms with Gasteiger partial charge in [0.05, 0.1) is 11.2 Å². The van der Waals surface area contributed by atoms with Crippen LogP contribution in [0.4, 0.5) is 14.6 Å². The highest BCUT2D eigenvalue weighted by Crippen LogP contribution is 2.33. The largest absolute Gasteiger partial charge is 0.434 e. The van der Waals surface area contributed by atoms with Crippen LogP contribution < -0.4 is 11.0 Å². The van der Waals surface area contributed by atoms with E-state index in [2.05, 4.69) is 15.3 Å². The molecule has 0 amide bonds. The van der Waals surface area contributed by atoms with Crippen molar-refractivity contribution < 1.29 is 13.2 Å². The summed E-state index contributed by atoms with van der Waals surface area (Å²) in [6, 6.07) is 11.4. The van der Waals surface area contributed by atoms with Crippen LogP contribution in [-0.2, 0) is 0 Å². The fourth-order valence-corrected chi connectivity index (χ4v) is 3.20. The van der Waals surface area contributed by atoms with Crippen molar-refractivity contribution in [3.63, 3.8) is 0 Å². The molecule has 0 saturated heterocycles. The Morgan fingerprint density at radius 2 is 1.90 bits per heavy atom. The molecule has 0 radical (unpaired) electrons. The SMILES string of the molecule is CCNc1nc(=O)n(-c2nc(-c3cccc(C)c3)oc2-c2ccc(Cl)c(F)c2)cc1F. The molecule has 0 aliphatic rings. The maximum atomic E-state index is 14.5. The number of benzene rings is 2. The van der Waals surface area contributed by atoms with Gasteiger partial charge in [-0.05, 0) is 44.2 Å². The van der Waals surface area contributed by atoms with Crippen LogP contribution in [0.2, 0.25) is 5.02 Å². The summed E-state index contributed by atoms with van der Waals surface area (Å²) in [5.74, 6) is -1.32. The lowest BCUT2D eigenvalue weighted by Gasteiger charge is -2.07. The Kier molecular flexibility index (Phi) is 5.56. The van der Waals surface area contributed by atoms with E-state index in [1.807, 2.05) is 25.1 Å². The first-order valence-corrected chi connectivity index (χ1v) is 9.82. The van der Waals surface area contributed by atoms with Crippen molar-refractivity contribution in [2.24, 2.45) is 0 Å². The smallest absolute Gasteiger partial charge is 0.355 e. The van der Waals surface area contributed by atoms with Crippen LogP contribution in [0.15, 0.2) is 57.9 Å².